The van der Waals surface area contributed by atoms with Crippen LogP contribution in [0.1, 0.15) is 33.6 Å². The number of thioether (sulfide) groups is 1. The predicted octanol–water partition coefficient (Wildman–Crippen LogP) is 3.65. The van der Waals surface area contributed by atoms with Crippen LogP contribution in [-0.2, 0) is 9.53 Å². The molecule has 0 fully saturated rings. The zero-order valence-electron chi connectivity index (χ0n) is 13.0. The Bertz CT molecular complexity index is 471. The lowest BCUT2D eigenvalue weighted by molar-refractivity contribution is -0.148. The molecule has 6 heteroatoms. The van der Waals surface area contributed by atoms with Crippen LogP contribution >= 0.6 is 27.7 Å². The highest BCUT2D eigenvalue weighted by Gasteiger charge is 2.34. The second kappa shape index (κ2) is 8.76. The number of esters is 1. The summed E-state index contributed by atoms with van der Waals surface area (Å²) in [5.41, 5.74) is -0.634. The second-order valence-electron chi connectivity index (χ2n) is 5.37. The molecule has 0 aliphatic heterocycles. The second-order valence-corrected chi connectivity index (χ2v) is 7.30. The molecule has 1 N–H and O–H groups in total. The minimum Gasteiger partial charge on any atom is -0.468 e. The van der Waals surface area contributed by atoms with E-state index in [-0.39, 0.29) is 12.0 Å². The SMILES string of the molecule is COC(=O)C(C)(CCCSc1ncccc1Br)NC(C)C. The normalized spacial score (nSPS) is 14.0. The maximum atomic E-state index is 12.0. The predicted molar refractivity (Wildman–Crippen MR) is 90.6 cm³/mol. The summed E-state index contributed by atoms with van der Waals surface area (Å²) in [6, 6.07) is 4.11. The Morgan fingerprint density at radius 1 is 1.57 bits per heavy atom. The van der Waals surface area contributed by atoms with E-state index in [1.165, 1.54) is 7.11 Å². The first kappa shape index (κ1) is 18.5. The zero-order chi connectivity index (χ0) is 15.9. The number of carbonyl (C=O) groups is 1. The van der Waals surface area contributed by atoms with Gasteiger partial charge in [-0.3, -0.25) is 10.1 Å². The van der Waals surface area contributed by atoms with E-state index in [9.17, 15) is 4.79 Å². The van der Waals surface area contributed by atoms with Crippen LogP contribution in [0.4, 0.5) is 0 Å². The van der Waals surface area contributed by atoms with Crippen LogP contribution < -0.4 is 5.32 Å². The number of hydrogen-bond acceptors (Lipinski definition) is 5. The van der Waals surface area contributed by atoms with E-state index >= 15 is 0 Å². The highest BCUT2D eigenvalue weighted by molar-refractivity contribution is 9.10. The number of nitrogens with one attached hydrogen (secondary N) is 1. The minimum absolute atomic E-state index is 0.208. The number of ether oxygens (including phenoxy) is 1. The zero-order valence-corrected chi connectivity index (χ0v) is 15.4. The van der Waals surface area contributed by atoms with Crippen molar-refractivity contribution >= 4 is 33.7 Å². The van der Waals surface area contributed by atoms with Gasteiger partial charge in [-0.05, 0) is 67.4 Å². The maximum absolute atomic E-state index is 12.0. The van der Waals surface area contributed by atoms with E-state index in [2.05, 4.69) is 26.2 Å². The molecule has 4 nitrogen and oxygen atoms in total. The highest BCUT2D eigenvalue weighted by atomic mass is 79.9. The smallest absolute Gasteiger partial charge is 0.325 e. The Hall–Kier alpha value is -0.590. The van der Waals surface area contributed by atoms with Crippen LogP contribution in [-0.4, -0.2) is 35.4 Å². The fraction of sp³-hybridized carbons (Fsp3) is 0.600. The summed E-state index contributed by atoms with van der Waals surface area (Å²) >= 11 is 5.17. The molecule has 0 saturated heterocycles. The number of carbonyl (C=O) groups excluding carboxylic acids is 1. The molecular weight excluding hydrogens is 352 g/mol. The van der Waals surface area contributed by atoms with E-state index in [0.29, 0.717) is 0 Å². The van der Waals surface area contributed by atoms with Crippen LogP contribution in [0, 0.1) is 0 Å². The van der Waals surface area contributed by atoms with Gasteiger partial charge in [0, 0.05) is 16.7 Å². The van der Waals surface area contributed by atoms with Gasteiger partial charge in [-0.2, -0.15) is 0 Å². The molecule has 0 spiro atoms. The van der Waals surface area contributed by atoms with Gasteiger partial charge in [-0.25, -0.2) is 4.98 Å². The largest absolute Gasteiger partial charge is 0.468 e. The molecule has 0 aliphatic rings. The Morgan fingerprint density at radius 3 is 2.86 bits per heavy atom. The van der Waals surface area contributed by atoms with Gasteiger partial charge in [0.1, 0.15) is 10.6 Å². The molecule has 1 aromatic heterocycles. The molecule has 0 bridgehead atoms. The van der Waals surface area contributed by atoms with Gasteiger partial charge < -0.3 is 4.74 Å². The van der Waals surface area contributed by atoms with Gasteiger partial charge in [0.25, 0.3) is 0 Å². The summed E-state index contributed by atoms with van der Waals surface area (Å²) in [6.45, 7) is 5.96. The van der Waals surface area contributed by atoms with Gasteiger partial charge >= 0.3 is 5.97 Å². The van der Waals surface area contributed by atoms with Crippen molar-refractivity contribution in [1.29, 1.82) is 0 Å². The van der Waals surface area contributed by atoms with Crippen molar-refractivity contribution in [2.75, 3.05) is 12.9 Å². The summed E-state index contributed by atoms with van der Waals surface area (Å²) in [4.78, 5) is 16.3. The van der Waals surface area contributed by atoms with Crippen LogP contribution in [0.5, 0.6) is 0 Å². The molecule has 0 aromatic carbocycles. The van der Waals surface area contributed by atoms with Gasteiger partial charge in [-0.15, -0.1) is 11.8 Å². The van der Waals surface area contributed by atoms with Crippen molar-refractivity contribution in [2.24, 2.45) is 0 Å². The molecule has 0 aliphatic carbocycles. The first-order valence-corrected chi connectivity index (χ1v) is 8.76. The summed E-state index contributed by atoms with van der Waals surface area (Å²) in [7, 11) is 1.43. The van der Waals surface area contributed by atoms with Crippen molar-refractivity contribution in [2.45, 2.75) is 50.2 Å². The Kier molecular flexibility index (Phi) is 7.70. The minimum atomic E-state index is -0.634. The van der Waals surface area contributed by atoms with Crippen LogP contribution in [0.2, 0.25) is 0 Å². The number of methoxy groups -OCH3 is 1. The lowest BCUT2D eigenvalue weighted by Gasteiger charge is -2.30. The van der Waals surface area contributed by atoms with E-state index < -0.39 is 5.54 Å². The standard InChI is InChI=1S/C15H23BrN2O2S/c1-11(2)18-15(3,14(19)20-4)8-6-10-21-13-12(16)7-5-9-17-13/h5,7,9,11,18H,6,8,10H2,1-4H3. The molecule has 0 amide bonds. The number of aromatic nitrogens is 1. The van der Waals surface area contributed by atoms with Crippen LogP contribution in [0.15, 0.2) is 27.8 Å². The van der Waals surface area contributed by atoms with E-state index in [1.54, 1.807) is 18.0 Å². The van der Waals surface area contributed by atoms with Crippen molar-refractivity contribution in [3.05, 3.63) is 22.8 Å². The number of halogens is 1. The van der Waals surface area contributed by atoms with Gasteiger partial charge in [0.2, 0.25) is 0 Å². The third-order valence-corrected chi connectivity index (χ3v) is 5.02. The van der Waals surface area contributed by atoms with Gasteiger partial charge in [0.15, 0.2) is 0 Å². The van der Waals surface area contributed by atoms with Crippen molar-refractivity contribution in [1.82, 2.24) is 10.3 Å². The molecule has 1 aromatic rings. The summed E-state index contributed by atoms with van der Waals surface area (Å²) in [5.74, 6) is 0.697. The molecule has 118 valence electrons. The van der Waals surface area contributed by atoms with E-state index in [0.717, 1.165) is 28.1 Å². The number of pyridine rings is 1. The molecule has 21 heavy (non-hydrogen) atoms. The monoisotopic (exact) mass is 374 g/mol. The summed E-state index contributed by atoms with van der Waals surface area (Å²) < 4.78 is 5.93. The molecule has 1 heterocycles. The van der Waals surface area contributed by atoms with Crippen LogP contribution in [0.3, 0.4) is 0 Å². The van der Waals surface area contributed by atoms with E-state index in [1.807, 2.05) is 32.9 Å². The quantitative estimate of drug-likeness (QED) is 0.427. The van der Waals surface area contributed by atoms with Gasteiger partial charge in [-0.1, -0.05) is 0 Å². The third-order valence-electron chi connectivity index (χ3n) is 3.03. The highest BCUT2D eigenvalue weighted by Crippen LogP contribution is 2.26. The number of rotatable bonds is 8. The average molecular weight is 375 g/mol. The first-order chi connectivity index (χ1) is 9.89. The Labute approximate surface area is 139 Å². The summed E-state index contributed by atoms with van der Waals surface area (Å²) in [6.07, 6.45) is 3.42. The lowest BCUT2D eigenvalue weighted by Crippen LogP contribution is -2.53. The summed E-state index contributed by atoms with van der Waals surface area (Å²) in [5, 5.41) is 4.29. The van der Waals surface area contributed by atoms with Crippen molar-refractivity contribution < 1.29 is 9.53 Å². The maximum Gasteiger partial charge on any atom is 0.325 e. The lowest BCUT2D eigenvalue weighted by atomic mass is 9.95. The first-order valence-electron chi connectivity index (χ1n) is 6.98. The van der Waals surface area contributed by atoms with E-state index in [4.69, 9.17) is 4.74 Å². The molecule has 1 unspecified atom stereocenters. The van der Waals surface area contributed by atoms with Crippen molar-refractivity contribution in [3.63, 3.8) is 0 Å². The molecular formula is C15H23BrN2O2S. The fourth-order valence-corrected chi connectivity index (χ4v) is 3.59. The fourth-order valence-electron chi connectivity index (χ4n) is 2.17. The Morgan fingerprint density at radius 2 is 2.29 bits per heavy atom. The Balaban J connectivity index is 2.51. The van der Waals surface area contributed by atoms with Crippen molar-refractivity contribution in [3.8, 4) is 0 Å². The molecule has 0 saturated carbocycles. The van der Waals surface area contributed by atoms with Gasteiger partial charge in [0.05, 0.1) is 7.11 Å². The number of nitrogens with zero attached hydrogens (tertiary/aromatic N) is 1. The molecule has 1 rings (SSSR count). The molecule has 1 atom stereocenters. The third kappa shape index (κ3) is 5.96. The topological polar surface area (TPSA) is 51.2 Å². The molecule has 0 radical (unpaired) electrons. The average Bonchev–Trinajstić information content (AvgIpc) is 2.43. The van der Waals surface area contributed by atoms with Crippen LogP contribution in [0.25, 0.3) is 0 Å². The number of hydrogen-bond donors (Lipinski definition) is 1.